The molecule has 112 valence electrons. The first kappa shape index (κ1) is 15.3. The number of nitrogens with zero attached hydrogens (tertiary/aromatic N) is 1. The molecule has 1 N–H and O–H groups in total. The molecule has 0 radical (unpaired) electrons. The van der Waals surface area contributed by atoms with Gasteiger partial charge < -0.3 is 10.2 Å². The van der Waals surface area contributed by atoms with Gasteiger partial charge in [0.1, 0.15) is 0 Å². The zero-order valence-corrected chi connectivity index (χ0v) is 13.5. The molecule has 2 nitrogen and oxygen atoms in total. The zero-order valence-electron chi connectivity index (χ0n) is 13.5. The highest BCUT2D eigenvalue weighted by molar-refractivity contribution is 4.87. The second-order valence-electron chi connectivity index (χ2n) is 7.78. The molecule has 0 aromatic heterocycles. The fourth-order valence-electron chi connectivity index (χ4n) is 2.82. The van der Waals surface area contributed by atoms with Crippen molar-refractivity contribution in [1.29, 1.82) is 0 Å². The molecular formula is C17H34N2. The summed E-state index contributed by atoms with van der Waals surface area (Å²) in [4.78, 5) is 2.79. The van der Waals surface area contributed by atoms with Gasteiger partial charge in [-0.25, -0.2) is 0 Å². The van der Waals surface area contributed by atoms with E-state index in [1.54, 1.807) is 0 Å². The van der Waals surface area contributed by atoms with Crippen molar-refractivity contribution in [2.24, 2.45) is 17.3 Å². The van der Waals surface area contributed by atoms with Gasteiger partial charge in [-0.3, -0.25) is 0 Å². The van der Waals surface area contributed by atoms with Crippen LogP contribution >= 0.6 is 0 Å². The van der Waals surface area contributed by atoms with Gasteiger partial charge in [0.2, 0.25) is 0 Å². The summed E-state index contributed by atoms with van der Waals surface area (Å²) in [5.41, 5.74) is 0.439. The highest BCUT2D eigenvalue weighted by atomic mass is 15.1. The third-order valence-electron chi connectivity index (χ3n) is 4.82. The Morgan fingerprint density at radius 2 is 1.63 bits per heavy atom. The zero-order chi connectivity index (χ0) is 13.9. The summed E-state index contributed by atoms with van der Waals surface area (Å²) in [5.74, 6) is 2.05. The van der Waals surface area contributed by atoms with Crippen molar-refractivity contribution in [3.8, 4) is 0 Å². The van der Waals surface area contributed by atoms with E-state index < -0.39 is 0 Å². The molecular weight excluding hydrogens is 232 g/mol. The molecule has 0 aromatic rings. The minimum Gasteiger partial charge on any atom is -0.314 e. The van der Waals surface area contributed by atoms with Crippen LogP contribution in [-0.4, -0.2) is 37.1 Å². The smallest absolute Gasteiger partial charge is 0.00476 e. The molecule has 19 heavy (non-hydrogen) atoms. The van der Waals surface area contributed by atoms with E-state index in [0.29, 0.717) is 11.5 Å². The number of rotatable bonds is 10. The predicted octanol–water partition coefficient (Wildman–Crippen LogP) is 3.52. The van der Waals surface area contributed by atoms with E-state index in [0.717, 1.165) is 18.4 Å². The van der Waals surface area contributed by atoms with Crippen LogP contribution in [-0.2, 0) is 0 Å². The molecule has 2 aliphatic carbocycles. The molecule has 1 atom stereocenters. The monoisotopic (exact) mass is 266 g/mol. The number of hydrogen-bond acceptors (Lipinski definition) is 2. The van der Waals surface area contributed by atoms with Crippen molar-refractivity contribution in [2.75, 3.05) is 26.2 Å². The van der Waals surface area contributed by atoms with Crippen LogP contribution in [0.4, 0.5) is 0 Å². The fourth-order valence-corrected chi connectivity index (χ4v) is 2.82. The van der Waals surface area contributed by atoms with Gasteiger partial charge in [0.15, 0.2) is 0 Å². The normalized spacial score (nSPS) is 23.1. The first-order chi connectivity index (χ1) is 9.00. The van der Waals surface area contributed by atoms with Crippen LogP contribution in [0, 0.1) is 17.3 Å². The van der Waals surface area contributed by atoms with Gasteiger partial charge in [0.25, 0.3) is 0 Å². The Morgan fingerprint density at radius 1 is 1.11 bits per heavy atom. The summed E-state index contributed by atoms with van der Waals surface area (Å²) in [7, 11) is 0. The van der Waals surface area contributed by atoms with E-state index in [1.807, 2.05) is 0 Å². The molecule has 0 spiro atoms. The number of nitrogens with one attached hydrogen (secondary N) is 1. The molecule has 0 amide bonds. The maximum Gasteiger partial charge on any atom is 0.00476 e. The van der Waals surface area contributed by atoms with E-state index in [2.05, 4.69) is 37.9 Å². The third-order valence-corrected chi connectivity index (χ3v) is 4.82. The maximum absolute atomic E-state index is 3.65. The van der Waals surface area contributed by atoms with Crippen molar-refractivity contribution in [3.63, 3.8) is 0 Å². The van der Waals surface area contributed by atoms with Gasteiger partial charge >= 0.3 is 0 Å². The van der Waals surface area contributed by atoms with Crippen LogP contribution in [0.3, 0.4) is 0 Å². The van der Waals surface area contributed by atoms with Crippen LogP contribution in [0.2, 0.25) is 0 Å². The summed E-state index contributed by atoms with van der Waals surface area (Å²) in [6, 6.07) is 0.603. The lowest BCUT2D eigenvalue weighted by Gasteiger charge is -2.36. The molecule has 2 heteroatoms. The molecule has 0 aromatic carbocycles. The number of hydrogen-bond donors (Lipinski definition) is 1. The Morgan fingerprint density at radius 3 is 2.00 bits per heavy atom. The molecule has 1 unspecified atom stereocenters. The van der Waals surface area contributed by atoms with Gasteiger partial charge in [0, 0.05) is 32.2 Å². The van der Waals surface area contributed by atoms with Gasteiger partial charge in [-0.2, -0.15) is 0 Å². The SMILES string of the molecule is CCC(C)(CNC(C)C)CN(CC1CC1)CC1CC1. The standard InChI is InChI=1S/C17H34N2/c1-5-17(4,12-18-14(2)3)13-19(10-15-6-7-15)11-16-8-9-16/h14-16,18H,5-13H2,1-4H3. The third kappa shape index (κ3) is 5.83. The topological polar surface area (TPSA) is 15.3 Å². The summed E-state index contributed by atoms with van der Waals surface area (Å²) < 4.78 is 0. The van der Waals surface area contributed by atoms with Crippen molar-refractivity contribution in [2.45, 2.75) is 65.8 Å². The molecule has 2 fully saturated rings. The lowest BCUT2D eigenvalue weighted by atomic mass is 9.86. The quantitative estimate of drug-likeness (QED) is 0.651. The second-order valence-corrected chi connectivity index (χ2v) is 7.78. The molecule has 0 bridgehead atoms. The van der Waals surface area contributed by atoms with Crippen LogP contribution < -0.4 is 5.32 Å². The van der Waals surface area contributed by atoms with E-state index in [9.17, 15) is 0 Å². The summed E-state index contributed by atoms with van der Waals surface area (Å²) >= 11 is 0. The Bertz CT molecular complexity index is 254. The molecule has 0 heterocycles. The van der Waals surface area contributed by atoms with Crippen LogP contribution in [0.5, 0.6) is 0 Å². The largest absolute Gasteiger partial charge is 0.314 e. The summed E-state index contributed by atoms with van der Waals surface area (Å²) in [6.07, 6.45) is 7.20. The Kier molecular flexibility index (Phi) is 5.30. The Labute approximate surface area is 120 Å². The lowest BCUT2D eigenvalue weighted by Crippen LogP contribution is -2.44. The van der Waals surface area contributed by atoms with Crippen LogP contribution in [0.1, 0.15) is 59.8 Å². The molecule has 2 aliphatic rings. The first-order valence-electron chi connectivity index (χ1n) is 8.46. The molecule has 0 saturated heterocycles. The van der Waals surface area contributed by atoms with Crippen molar-refractivity contribution >= 4 is 0 Å². The van der Waals surface area contributed by atoms with Crippen LogP contribution in [0.25, 0.3) is 0 Å². The van der Waals surface area contributed by atoms with Gasteiger partial charge in [-0.15, -0.1) is 0 Å². The fraction of sp³-hybridized carbons (Fsp3) is 1.00. The molecule has 2 saturated carbocycles. The minimum atomic E-state index is 0.439. The minimum absolute atomic E-state index is 0.439. The lowest BCUT2D eigenvalue weighted by molar-refractivity contribution is 0.143. The molecule has 0 aliphatic heterocycles. The predicted molar refractivity (Wildman–Crippen MR) is 83.4 cm³/mol. The average Bonchev–Trinajstić information content (AvgIpc) is 3.23. The van der Waals surface area contributed by atoms with Crippen molar-refractivity contribution < 1.29 is 0 Å². The first-order valence-corrected chi connectivity index (χ1v) is 8.46. The van der Waals surface area contributed by atoms with E-state index in [-0.39, 0.29) is 0 Å². The van der Waals surface area contributed by atoms with Gasteiger partial charge in [-0.1, -0.05) is 27.7 Å². The van der Waals surface area contributed by atoms with E-state index in [4.69, 9.17) is 0 Å². The summed E-state index contributed by atoms with van der Waals surface area (Å²) in [5, 5.41) is 3.65. The van der Waals surface area contributed by atoms with E-state index >= 15 is 0 Å². The van der Waals surface area contributed by atoms with Crippen LogP contribution in [0.15, 0.2) is 0 Å². The average molecular weight is 266 g/mol. The van der Waals surface area contributed by atoms with Crippen molar-refractivity contribution in [1.82, 2.24) is 10.2 Å². The molecule has 2 rings (SSSR count). The van der Waals surface area contributed by atoms with E-state index in [1.165, 1.54) is 51.7 Å². The Hall–Kier alpha value is -0.0800. The van der Waals surface area contributed by atoms with Crippen molar-refractivity contribution in [3.05, 3.63) is 0 Å². The van der Waals surface area contributed by atoms with Gasteiger partial charge in [0.05, 0.1) is 0 Å². The maximum atomic E-state index is 3.65. The Balaban J connectivity index is 1.83. The summed E-state index contributed by atoms with van der Waals surface area (Å²) in [6.45, 7) is 14.5. The van der Waals surface area contributed by atoms with Gasteiger partial charge in [-0.05, 0) is 49.4 Å². The highest BCUT2D eigenvalue weighted by Crippen LogP contribution is 2.35. The highest BCUT2D eigenvalue weighted by Gasteiger charge is 2.33. The second kappa shape index (κ2) is 6.58.